The first-order valence-corrected chi connectivity index (χ1v) is 6.18. The molecule has 2 heterocycles. The average molecular weight is 261 g/mol. The van der Waals surface area contributed by atoms with Crippen LogP contribution in [0.15, 0.2) is 15.9 Å². The Morgan fingerprint density at radius 2 is 2.23 bits per heavy atom. The molecule has 72 valence electrons. The fourth-order valence-corrected chi connectivity index (χ4v) is 3.02. The predicted octanol–water partition coefficient (Wildman–Crippen LogP) is 1.92. The first-order valence-electron chi connectivity index (χ1n) is 4.50. The summed E-state index contributed by atoms with van der Waals surface area (Å²) >= 11 is 5.31. The molecule has 0 spiro atoms. The number of hydrogen-bond acceptors (Lipinski definition) is 3. The van der Waals surface area contributed by atoms with Crippen LogP contribution in [0.1, 0.15) is 4.88 Å². The van der Waals surface area contributed by atoms with Crippen LogP contribution in [-0.4, -0.2) is 31.1 Å². The zero-order valence-corrected chi connectivity index (χ0v) is 9.83. The summed E-state index contributed by atoms with van der Waals surface area (Å²) in [6, 6.07) is 2.21. The third-order valence-electron chi connectivity index (χ3n) is 2.21. The number of piperazine rings is 1. The van der Waals surface area contributed by atoms with E-state index in [4.69, 9.17) is 0 Å². The molecule has 1 saturated heterocycles. The Balaban J connectivity index is 1.89. The van der Waals surface area contributed by atoms with E-state index in [1.54, 1.807) is 0 Å². The van der Waals surface area contributed by atoms with Gasteiger partial charge in [0.2, 0.25) is 0 Å². The average Bonchev–Trinajstić information content (AvgIpc) is 2.53. The second kappa shape index (κ2) is 4.55. The van der Waals surface area contributed by atoms with Gasteiger partial charge in [0.1, 0.15) is 0 Å². The maximum absolute atomic E-state index is 3.48. The third kappa shape index (κ3) is 2.77. The van der Waals surface area contributed by atoms with Gasteiger partial charge in [-0.2, -0.15) is 0 Å². The van der Waals surface area contributed by atoms with Crippen LogP contribution in [0.2, 0.25) is 0 Å². The summed E-state index contributed by atoms with van der Waals surface area (Å²) in [4.78, 5) is 3.95. The summed E-state index contributed by atoms with van der Waals surface area (Å²) in [7, 11) is 0. The molecule has 0 amide bonds. The molecule has 1 aliphatic heterocycles. The second-order valence-electron chi connectivity index (χ2n) is 3.26. The first-order chi connectivity index (χ1) is 6.34. The maximum Gasteiger partial charge on any atom is 0.0329 e. The molecule has 1 N–H and O–H groups in total. The molecule has 13 heavy (non-hydrogen) atoms. The molecule has 0 aliphatic carbocycles. The smallest absolute Gasteiger partial charge is 0.0329 e. The molecular weight excluding hydrogens is 248 g/mol. The summed E-state index contributed by atoms with van der Waals surface area (Å²) in [5, 5.41) is 5.51. The molecule has 1 aliphatic rings. The van der Waals surface area contributed by atoms with Crippen LogP contribution < -0.4 is 5.32 Å². The van der Waals surface area contributed by atoms with Gasteiger partial charge in [-0.25, -0.2) is 0 Å². The standard InChI is InChI=1S/C9H13BrN2S/c10-8-5-9(13-7-8)6-12-3-1-11-2-4-12/h5,7,11H,1-4,6H2. The lowest BCUT2D eigenvalue weighted by atomic mass is 10.3. The lowest BCUT2D eigenvalue weighted by Crippen LogP contribution is -2.42. The van der Waals surface area contributed by atoms with Gasteiger partial charge in [-0.1, -0.05) is 0 Å². The fraction of sp³-hybridized carbons (Fsp3) is 0.556. The zero-order valence-electron chi connectivity index (χ0n) is 7.42. The summed E-state index contributed by atoms with van der Waals surface area (Å²) < 4.78 is 1.21. The van der Waals surface area contributed by atoms with E-state index in [1.807, 2.05) is 11.3 Å². The first kappa shape index (κ1) is 9.65. The molecule has 0 radical (unpaired) electrons. The van der Waals surface area contributed by atoms with Gasteiger partial charge in [0.05, 0.1) is 0 Å². The van der Waals surface area contributed by atoms with E-state index in [9.17, 15) is 0 Å². The minimum atomic E-state index is 1.11. The van der Waals surface area contributed by atoms with Crippen molar-refractivity contribution in [1.29, 1.82) is 0 Å². The van der Waals surface area contributed by atoms with Gasteiger partial charge in [0.15, 0.2) is 0 Å². The number of thiophene rings is 1. The van der Waals surface area contributed by atoms with Crippen molar-refractivity contribution in [2.75, 3.05) is 26.2 Å². The van der Waals surface area contributed by atoms with Gasteiger partial charge < -0.3 is 5.32 Å². The topological polar surface area (TPSA) is 15.3 Å². The van der Waals surface area contributed by atoms with Crippen LogP contribution in [-0.2, 0) is 6.54 Å². The Hall–Kier alpha value is 0.1000. The monoisotopic (exact) mass is 260 g/mol. The van der Waals surface area contributed by atoms with Crippen molar-refractivity contribution in [3.63, 3.8) is 0 Å². The van der Waals surface area contributed by atoms with Crippen molar-refractivity contribution < 1.29 is 0 Å². The Bertz CT molecular complexity index is 268. The number of hydrogen-bond donors (Lipinski definition) is 1. The van der Waals surface area contributed by atoms with Crippen molar-refractivity contribution in [2.24, 2.45) is 0 Å². The molecule has 1 aromatic rings. The number of nitrogens with zero attached hydrogens (tertiary/aromatic N) is 1. The highest BCUT2D eigenvalue weighted by Gasteiger charge is 2.10. The molecule has 0 unspecified atom stereocenters. The van der Waals surface area contributed by atoms with Gasteiger partial charge in [-0.15, -0.1) is 11.3 Å². The van der Waals surface area contributed by atoms with Crippen LogP contribution in [0.5, 0.6) is 0 Å². The van der Waals surface area contributed by atoms with E-state index in [2.05, 4.69) is 37.6 Å². The van der Waals surface area contributed by atoms with Gasteiger partial charge in [0.25, 0.3) is 0 Å². The summed E-state index contributed by atoms with van der Waals surface area (Å²) in [5.41, 5.74) is 0. The normalized spacial score (nSPS) is 19.2. The predicted molar refractivity (Wildman–Crippen MR) is 60.2 cm³/mol. The lowest BCUT2D eigenvalue weighted by Gasteiger charge is -2.26. The minimum Gasteiger partial charge on any atom is -0.314 e. The van der Waals surface area contributed by atoms with Gasteiger partial charge in [0, 0.05) is 47.5 Å². The summed E-state index contributed by atoms with van der Waals surface area (Å²) in [6.07, 6.45) is 0. The Morgan fingerprint density at radius 1 is 1.46 bits per heavy atom. The third-order valence-corrected chi connectivity index (χ3v) is 3.89. The Morgan fingerprint density at radius 3 is 2.85 bits per heavy atom. The van der Waals surface area contributed by atoms with Crippen LogP contribution in [0.25, 0.3) is 0 Å². The molecule has 2 nitrogen and oxygen atoms in total. The maximum atomic E-state index is 3.48. The van der Waals surface area contributed by atoms with Crippen molar-refractivity contribution in [1.82, 2.24) is 10.2 Å². The highest BCUT2D eigenvalue weighted by atomic mass is 79.9. The SMILES string of the molecule is Brc1csc(CN2CCNCC2)c1. The highest BCUT2D eigenvalue weighted by molar-refractivity contribution is 9.10. The minimum absolute atomic E-state index is 1.11. The number of rotatable bonds is 2. The van der Waals surface area contributed by atoms with E-state index in [0.717, 1.165) is 19.6 Å². The summed E-state index contributed by atoms with van der Waals surface area (Å²) in [6.45, 7) is 5.72. The molecule has 0 aromatic carbocycles. The number of halogens is 1. The van der Waals surface area contributed by atoms with Crippen LogP contribution in [0.3, 0.4) is 0 Å². The van der Waals surface area contributed by atoms with Crippen molar-refractivity contribution in [3.05, 3.63) is 20.8 Å². The van der Waals surface area contributed by atoms with E-state index >= 15 is 0 Å². The van der Waals surface area contributed by atoms with E-state index in [-0.39, 0.29) is 0 Å². The van der Waals surface area contributed by atoms with E-state index < -0.39 is 0 Å². The molecule has 4 heteroatoms. The van der Waals surface area contributed by atoms with Gasteiger partial charge in [-0.05, 0) is 22.0 Å². The van der Waals surface area contributed by atoms with Crippen molar-refractivity contribution in [3.8, 4) is 0 Å². The molecule has 0 saturated carbocycles. The van der Waals surface area contributed by atoms with E-state index in [1.165, 1.54) is 22.4 Å². The van der Waals surface area contributed by atoms with Gasteiger partial charge in [-0.3, -0.25) is 4.90 Å². The number of nitrogens with one attached hydrogen (secondary N) is 1. The Kier molecular flexibility index (Phi) is 3.38. The Labute approximate surface area is 91.1 Å². The molecule has 0 bridgehead atoms. The lowest BCUT2D eigenvalue weighted by molar-refractivity contribution is 0.235. The highest BCUT2D eigenvalue weighted by Crippen LogP contribution is 2.21. The fourth-order valence-electron chi connectivity index (χ4n) is 1.53. The largest absolute Gasteiger partial charge is 0.314 e. The van der Waals surface area contributed by atoms with Crippen molar-refractivity contribution >= 4 is 27.3 Å². The molecule has 2 rings (SSSR count). The molecule has 0 atom stereocenters. The quantitative estimate of drug-likeness (QED) is 0.875. The molecule has 1 aromatic heterocycles. The summed E-state index contributed by atoms with van der Waals surface area (Å²) in [5.74, 6) is 0. The molecular formula is C9H13BrN2S. The van der Waals surface area contributed by atoms with Crippen LogP contribution >= 0.6 is 27.3 Å². The van der Waals surface area contributed by atoms with Gasteiger partial charge >= 0.3 is 0 Å². The van der Waals surface area contributed by atoms with E-state index in [0.29, 0.717) is 0 Å². The van der Waals surface area contributed by atoms with Crippen LogP contribution in [0, 0.1) is 0 Å². The second-order valence-corrected chi connectivity index (χ2v) is 5.17. The van der Waals surface area contributed by atoms with Crippen molar-refractivity contribution in [2.45, 2.75) is 6.54 Å². The molecule has 1 fully saturated rings. The zero-order chi connectivity index (χ0) is 9.10. The van der Waals surface area contributed by atoms with Crippen LogP contribution in [0.4, 0.5) is 0 Å².